The number of nitrogen functional groups attached to an aromatic ring is 1. The van der Waals surface area contributed by atoms with Gasteiger partial charge in [0.1, 0.15) is 5.82 Å². The second-order valence-corrected chi connectivity index (χ2v) is 3.39. The summed E-state index contributed by atoms with van der Waals surface area (Å²) < 4.78 is 14.5. The van der Waals surface area contributed by atoms with Crippen LogP contribution in [0.2, 0.25) is 0 Å². The van der Waals surface area contributed by atoms with Gasteiger partial charge < -0.3 is 5.73 Å². The third-order valence-corrected chi connectivity index (χ3v) is 2.20. The van der Waals surface area contributed by atoms with Gasteiger partial charge in [-0.2, -0.15) is 0 Å². The Balaban J connectivity index is 2.31. The molecule has 2 N–H and O–H groups in total. The second kappa shape index (κ2) is 4.14. The molecule has 16 heavy (non-hydrogen) atoms. The quantitative estimate of drug-likeness (QED) is 0.767. The minimum atomic E-state index is -0.477. The van der Waals surface area contributed by atoms with Gasteiger partial charge in [0.2, 0.25) is 0 Å². The summed E-state index contributed by atoms with van der Waals surface area (Å²) in [5, 5.41) is 0. The molecule has 0 saturated heterocycles. The first kappa shape index (κ1) is 10.4. The summed E-state index contributed by atoms with van der Waals surface area (Å²) in [6, 6.07) is 6.12. The lowest BCUT2D eigenvalue weighted by Gasteiger charge is -2.05. The lowest BCUT2D eigenvalue weighted by Crippen LogP contribution is -2.21. The molecular formula is C11H10FN3O. The molecule has 5 heteroatoms. The average molecular weight is 219 g/mol. The lowest BCUT2D eigenvalue weighted by atomic mass is 10.2. The van der Waals surface area contributed by atoms with Crippen molar-refractivity contribution in [1.29, 1.82) is 0 Å². The van der Waals surface area contributed by atoms with Gasteiger partial charge in [0, 0.05) is 12.4 Å². The largest absolute Gasteiger partial charge is 0.396 e. The number of aromatic nitrogens is 2. The zero-order valence-electron chi connectivity index (χ0n) is 8.43. The van der Waals surface area contributed by atoms with E-state index in [1.807, 2.05) is 0 Å². The van der Waals surface area contributed by atoms with Crippen LogP contribution in [0.5, 0.6) is 0 Å². The van der Waals surface area contributed by atoms with Gasteiger partial charge in [-0.25, -0.2) is 14.2 Å². The third kappa shape index (κ3) is 2.08. The van der Waals surface area contributed by atoms with Crippen LogP contribution < -0.4 is 11.4 Å². The van der Waals surface area contributed by atoms with Crippen molar-refractivity contribution in [2.75, 3.05) is 5.73 Å². The van der Waals surface area contributed by atoms with E-state index in [4.69, 9.17) is 5.73 Å². The van der Waals surface area contributed by atoms with Gasteiger partial charge in [0.15, 0.2) is 0 Å². The van der Waals surface area contributed by atoms with Gasteiger partial charge in [0.25, 0.3) is 0 Å². The highest BCUT2D eigenvalue weighted by atomic mass is 19.1. The predicted octanol–water partition coefficient (Wildman–Crippen LogP) is 1.01. The van der Waals surface area contributed by atoms with E-state index >= 15 is 0 Å². The average Bonchev–Trinajstić information content (AvgIpc) is 2.27. The van der Waals surface area contributed by atoms with Gasteiger partial charge in [-0.15, -0.1) is 0 Å². The molecule has 0 aliphatic rings. The summed E-state index contributed by atoms with van der Waals surface area (Å²) in [7, 11) is 0. The minimum absolute atomic E-state index is 0.0993. The molecule has 0 fully saturated rings. The molecule has 0 radical (unpaired) electrons. The fourth-order valence-electron chi connectivity index (χ4n) is 1.37. The van der Waals surface area contributed by atoms with E-state index in [1.165, 1.54) is 22.9 Å². The monoisotopic (exact) mass is 219 g/mol. The SMILES string of the molecule is Nc1ccc(Cn2cccnc2=O)cc1F. The number of benzene rings is 1. The Morgan fingerprint density at radius 1 is 1.44 bits per heavy atom. The molecule has 0 amide bonds. The lowest BCUT2D eigenvalue weighted by molar-refractivity contribution is 0.626. The highest BCUT2D eigenvalue weighted by molar-refractivity contribution is 5.41. The normalized spacial score (nSPS) is 10.3. The standard InChI is InChI=1S/C11H10FN3O/c12-9-6-8(2-3-10(9)13)7-15-5-1-4-14-11(15)16/h1-6H,7,13H2. The molecule has 4 nitrogen and oxygen atoms in total. The van der Waals surface area contributed by atoms with Crippen molar-refractivity contribution in [2.24, 2.45) is 0 Å². The molecule has 2 rings (SSSR count). The van der Waals surface area contributed by atoms with E-state index in [0.717, 1.165) is 0 Å². The number of rotatable bonds is 2. The number of anilines is 1. The molecule has 2 aromatic rings. The van der Waals surface area contributed by atoms with Crippen LogP contribution in [0.1, 0.15) is 5.56 Å². The van der Waals surface area contributed by atoms with Gasteiger partial charge in [-0.3, -0.25) is 4.57 Å². The van der Waals surface area contributed by atoms with E-state index in [2.05, 4.69) is 4.98 Å². The highest BCUT2D eigenvalue weighted by Crippen LogP contribution is 2.12. The first-order valence-corrected chi connectivity index (χ1v) is 4.72. The van der Waals surface area contributed by atoms with Gasteiger partial charge >= 0.3 is 5.69 Å². The van der Waals surface area contributed by atoms with Crippen LogP contribution in [0.15, 0.2) is 41.5 Å². The van der Waals surface area contributed by atoms with Gasteiger partial charge in [0.05, 0.1) is 12.2 Å². The summed E-state index contributed by atoms with van der Waals surface area (Å²) in [6.45, 7) is 0.282. The van der Waals surface area contributed by atoms with Crippen molar-refractivity contribution in [3.63, 3.8) is 0 Å². The summed E-state index contributed by atoms with van der Waals surface area (Å²) in [5.74, 6) is -0.477. The first-order chi connectivity index (χ1) is 7.66. The Bertz CT molecular complexity index is 565. The molecule has 0 unspecified atom stereocenters. The smallest absolute Gasteiger partial charge is 0.347 e. The molecule has 0 aliphatic heterocycles. The van der Waals surface area contributed by atoms with E-state index in [0.29, 0.717) is 5.56 Å². The van der Waals surface area contributed by atoms with Crippen molar-refractivity contribution >= 4 is 5.69 Å². The summed E-state index contributed by atoms with van der Waals surface area (Å²) >= 11 is 0. The zero-order valence-corrected chi connectivity index (χ0v) is 8.43. The maximum Gasteiger partial charge on any atom is 0.347 e. The topological polar surface area (TPSA) is 60.9 Å². The van der Waals surface area contributed by atoms with Crippen molar-refractivity contribution in [2.45, 2.75) is 6.54 Å². The van der Waals surface area contributed by atoms with Crippen LogP contribution in [0.3, 0.4) is 0 Å². The van der Waals surface area contributed by atoms with Crippen LogP contribution in [0.25, 0.3) is 0 Å². The number of nitrogens with zero attached hydrogens (tertiary/aromatic N) is 2. The maximum absolute atomic E-state index is 13.2. The molecule has 1 aromatic heterocycles. The Labute approximate surface area is 91.2 Å². The van der Waals surface area contributed by atoms with Crippen molar-refractivity contribution in [3.05, 3.63) is 58.5 Å². The molecule has 0 atom stereocenters. The zero-order chi connectivity index (χ0) is 11.5. The van der Waals surface area contributed by atoms with E-state index in [-0.39, 0.29) is 17.9 Å². The Morgan fingerprint density at radius 2 is 2.25 bits per heavy atom. The summed E-state index contributed by atoms with van der Waals surface area (Å²) in [5.41, 5.74) is 5.76. The van der Waals surface area contributed by atoms with Crippen molar-refractivity contribution in [3.8, 4) is 0 Å². The molecule has 82 valence electrons. The van der Waals surface area contributed by atoms with Crippen LogP contribution in [-0.4, -0.2) is 9.55 Å². The fraction of sp³-hybridized carbons (Fsp3) is 0.0909. The molecule has 1 heterocycles. The van der Waals surface area contributed by atoms with Gasteiger partial charge in [-0.05, 0) is 23.8 Å². The molecule has 0 bridgehead atoms. The van der Waals surface area contributed by atoms with Crippen molar-refractivity contribution < 1.29 is 4.39 Å². The van der Waals surface area contributed by atoms with Crippen LogP contribution in [0, 0.1) is 5.82 Å². The molecule has 0 spiro atoms. The maximum atomic E-state index is 13.2. The fourth-order valence-corrected chi connectivity index (χ4v) is 1.37. The second-order valence-electron chi connectivity index (χ2n) is 3.39. The highest BCUT2D eigenvalue weighted by Gasteiger charge is 2.01. The van der Waals surface area contributed by atoms with E-state index < -0.39 is 5.82 Å². The third-order valence-electron chi connectivity index (χ3n) is 2.20. The molecular weight excluding hydrogens is 209 g/mol. The Kier molecular flexibility index (Phi) is 2.68. The summed E-state index contributed by atoms with van der Waals surface area (Å²) in [4.78, 5) is 14.9. The molecule has 0 saturated carbocycles. The van der Waals surface area contributed by atoms with Gasteiger partial charge in [-0.1, -0.05) is 6.07 Å². The Morgan fingerprint density at radius 3 is 2.94 bits per heavy atom. The first-order valence-electron chi connectivity index (χ1n) is 4.72. The number of hydrogen-bond donors (Lipinski definition) is 1. The summed E-state index contributed by atoms with van der Waals surface area (Å²) in [6.07, 6.45) is 3.02. The van der Waals surface area contributed by atoms with E-state index in [9.17, 15) is 9.18 Å². The molecule has 1 aromatic carbocycles. The minimum Gasteiger partial charge on any atom is -0.396 e. The number of halogens is 1. The van der Waals surface area contributed by atoms with Crippen LogP contribution in [0.4, 0.5) is 10.1 Å². The number of hydrogen-bond acceptors (Lipinski definition) is 3. The Hall–Kier alpha value is -2.17. The molecule has 0 aliphatic carbocycles. The predicted molar refractivity (Wildman–Crippen MR) is 58.4 cm³/mol. The van der Waals surface area contributed by atoms with E-state index in [1.54, 1.807) is 18.3 Å². The number of nitrogens with two attached hydrogens (primary N) is 1. The van der Waals surface area contributed by atoms with Crippen LogP contribution in [-0.2, 0) is 6.54 Å². The van der Waals surface area contributed by atoms with Crippen LogP contribution >= 0.6 is 0 Å². The van der Waals surface area contributed by atoms with Crippen molar-refractivity contribution in [1.82, 2.24) is 9.55 Å².